The summed E-state index contributed by atoms with van der Waals surface area (Å²) < 4.78 is 5.90. The molecule has 1 saturated heterocycles. The van der Waals surface area contributed by atoms with Crippen LogP contribution in [0.3, 0.4) is 0 Å². The highest BCUT2D eigenvalue weighted by molar-refractivity contribution is 6.30. The van der Waals surface area contributed by atoms with Crippen LogP contribution in [0.1, 0.15) is 27.7 Å². The molecule has 128 valence electrons. The van der Waals surface area contributed by atoms with Gasteiger partial charge in [0.1, 0.15) is 5.75 Å². The average molecular weight is 339 g/mol. The molecule has 5 heteroatoms. The van der Waals surface area contributed by atoms with Crippen LogP contribution in [0.4, 0.5) is 0 Å². The van der Waals surface area contributed by atoms with Gasteiger partial charge in [-0.1, -0.05) is 25.4 Å². The van der Waals surface area contributed by atoms with Gasteiger partial charge in [0.05, 0.1) is 0 Å². The van der Waals surface area contributed by atoms with Gasteiger partial charge in [-0.3, -0.25) is 9.69 Å². The lowest BCUT2D eigenvalue weighted by atomic mass is 10.1. The van der Waals surface area contributed by atoms with Gasteiger partial charge in [0, 0.05) is 37.7 Å². The van der Waals surface area contributed by atoms with Crippen LogP contribution >= 0.6 is 11.6 Å². The smallest absolute Gasteiger partial charge is 0.266 e. The molecule has 1 aliphatic heterocycles. The molecule has 1 fully saturated rings. The Balaban J connectivity index is 1.92. The molecule has 0 aromatic heterocycles. The molecule has 1 aromatic carbocycles. The monoisotopic (exact) mass is 338 g/mol. The Morgan fingerprint density at radius 1 is 1.17 bits per heavy atom. The SMILES string of the molecule is CC(C)CN1CCN(C(=O)C(C)(C)Oc2ccc(Cl)cc2)CC1. The van der Waals surface area contributed by atoms with Crippen molar-refractivity contribution in [3.8, 4) is 5.75 Å². The number of nitrogens with zero attached hydrogens (tertiary/aromatic N) is 2. The van der Waals surface area contributed by atoms with Crippen molar-refractivity contribution in [1.29, 1.82) is 0 Å². The molecule has 1 aliphatic rings. The van der Waals surface area contributed by atoms with E-state index in [2.05, 4.69) is 18.7 Å². The molecule has 23 heavy (non-hydrogen) atoms. The van der Waals surface area contributed by atoms with Gasteiger partial charge in [-0.15, -0.1) is 0 Å². The lowest BCUT2D eigenvalue weighted by Gasteiger charge is -2.39. The largest absolute Gasteiger partial charge is 0.478 e. The van der Waals surface area contributed by atoms with Gasteiger partial charge in [-0.05, 0) is 44.0 Å². The topological polar surface area (TPSA) is 32.8 Å². The number of carbonyl (C=O) groups excluding carboxylic acids is 1. The maximum Gasteiger partial charge on any atom is 0.266 e. The molecule has 0 atom stereocenters. The van der Waals surface area contributed by atoms with Gasteiger partial charge in [0.25, 0.3) is 5.91 Å². The Morgan fingerprint density at radius 3 is 2.26 bits per heavy atom. The normalized spacial score (nSPS) is 16.7. The van der Waals surface area contributed by atoms with Gasteiger partial charge < -0.3 is 9.64 Å². The zero-order valence-corrected chi connectivity index (χ0v) is 15.3. The minimum Gasteiger partial charge on any atom is -0.478 e. The Labute approximate surface area is 144 Å². The fraction of sp³-hybridized carbons (Fsp3) is 0.611. The van der Waals surface area contributed by atoms with Crippen molar-refractivity contribution in [1.82, 2.24) is 9.80 Å². The number of hydrogen-bond donors (Lipinski definition) is 0. The molecule has 0 saturated carbocycles. The summed E-state index contributed by atoms with van der Waals surface area (Å²) in [6.45, 7) is 12.6. The molecule has 0 bridgehead atoms. The van der Waals surface area contributed by atoms with Crippen molar-refractivity contribution in [2.24, 2.45) is 5.92 Å². The summed E-state index contributed by atoms with van der Waals surface area (Å²) in [5.41, 5.74) is -0.881. The van der Waals surface area contributed by atoms with Crippen LogP contribution in [0, 0.1) is 5.92 Å². The Bertz CT molecular complexity index is 520. The zero-order valence-electron chi connectivity index (χ0n) is 14.5. The zero-order chi connectivity index (χ0) is 17.0. The summed E-state index contributed by atoms with van der Waals surface area (Å²) in [7, 11) is 0. The van der Waals surface area contributed by atoms with Gasteiger partial charge >= 0.3 is 0 Å². The number of benzene rings is 1. The average Bonchev–Trinajstić information content (AvgIpc) is 2.49. The summed E-state index contributed by atoms with van der Waals surface area (Å²) in [6.07, 6.45) is 0. The van der Waals surface area contributed by atoms with E-state index in [1.807, 2.05) is 18.7 Å². The molecular formula is C18H27ClN2O2. The van der Waals surface area contributed by atoms with Crippen LogP contribution in [-0.2, 0) is 4.79 Å². The standard InChI is InChI=1S/C18H27ClN2O2/c1-14(2)13-20-9-11-21(12-10-20)17(22)18(3,4)23-16-7-5-15(19)6-8-16/h5-8,14H,9-13H2,1-4H3. The van der Waals surface area contributed by atoms with Crippen LogP contribution < -0.4 is 4.74 Å². The number of amides is 1. The molecule has 0 spiro atoms. The van der Waals surface area contributed by atoms with E-state index in [1.54, 1.807) is 24.3 Å². The third-order valence-corrected chi connectivity index (χ3v) is 4.24. The number of ether oxygens (including phenoxy) is 1. The van der Waals surface area contributed by atoms with E-state index in [9.17, 15) is 4.79 Å². The second kappa shape index (κ2) is 7.54. The van der Waals surface area contributed by atoms with Crippen LogP contribution in [0.5, 0.6) is 5.75 Å². The number of carbonyl (C=O) groups is 1. The van der Waals surface area contributed by atoms with Crippen LogP contribution in [0.2, 0.25) is 5.02 Å². The highest BCUT2D eigenvalue weighted by Gasteiger charge is 2.35. The predicted octanol–water partition coefficient (Wildman–Crippen LogP) is 3.30. The summed E-state index contributed by atoms with van der Waals surface area (Å²) in [6, 6.07) is 7.11. The maximum absolute atomic E-state index is 12.8. The molecule has 2 rings (SSSR count). The second-order valence-electron chi connectivity index (χ2n) is 7.05. The van der Waals surface area contributed by atoms with Crippen LogP contribution in [-0.4, -0.2) is 54.0 Å². The van der Waals surface area contributed by atoms with E-state index in [4.69, 9.17) is 16.3 Å². The summed E-state index contributed by atoms with van der Waals surface area (Å²) in [4.78, 5) is 17.1. The number of piperazine rings is 1. The van der Waals surface area contributed by atoms with Crippen molar-refractivity contribution >= 4 is 17.5 Å². The van der Waals surface area contributed by atoms with E-state index in [0.717, 1.165) is 32.7 Å². The van der Waals surface area contributed by atoms with E-state index in [0.29, 0.717) is 16.7 Å². The third-order valence-electron chi connectivity index (χ3n) is 3.98. The van der Waals surface area contributed by atoms with Crippen LogP contribution in [0.25, 0.3) is 0 Å². The summed E-state index contributed by atoms with van der Waals surface area (Å²) in [5.74, 6) is 1.35. The highest BCUT2D eigenvalue weighted by Crippen LogP contribution is 2.23. The van der Waals surface area contributed by atoms with E-state index in [1.165, 1.54) is 0 Å². The minimum atomic E-state index is -0.881. The quantitative estimate of drug-likeness (QED) is 0.825. The minimum absolute atomic E-state index is 0.0386. The maximum atomic E-state index is 12.8. The molecule has 1 aromatic rings. The molecule has 1 heterocycles. The number of rotatable bonds is 5. The fourth-order valence-corrected chi connectivity index (χ4v) is 3.00. The first-order chi connectivity index (χ1) is 10.8. The molecule has 0 N–H and O–H groups in total. The van der Waals surface area contributed by atoms with Gasteiger partial charge in [0.15, 0.2) is 5.60 Å². The highest BCUT2D eigenvalue weighted by atomic mass is 35.5. The third kappa shape index (κ3) is 5.11. The van der Waals surface area contributed by atoms with Crippen molar-refractivity contribution in [3.63, 3.8) is 0 Å². The van der Waals surface area contributed by atoms with Gasteiger partial charge in [-0.25, -0.2) is 0 Å². The second-order valence-corrected chi connectivity index (χ2v) is 7.49. The molecule has 0 unspecified atom stereocenters. The predicted molar refractivity (Wildman–Crippen MR) is 94.0 cm³/mol. The Morgan fingerprint density at radius 2 is 1.74 bits per heavy atom. The first-order valence-corrected chi connectivity index (χ1v) is 8.62. The number of halogens is 1. The first-order valence-electron chi connectivity index (χ1n) is 8.24. The lowest BCUT2D eigenvalue weighted by molar-refractivity contribution is -0.147. The first kappa shape index (κ1) is 18.1. The fourth-order valence-electron chi connectivity index (χ4n) is 2.87. The molecule has 0 radical (unpaired) electrons. The van der Waals surface area contributed by atoms with Gasteiger partial charge in [-0.2, -0.15) is 0 Å². The van der Waals surface area contributed by atoms with Crippen molar-refractivity contribution in [2.75, 3.05) is 32.7 Å². The van der Waals surface area contributed by atoms with Crippen molar-refractivity contribution in [3.05, 3.63) is 29.3 Å². The van der Waals surface area contributed by atoms with E-state index >= 15 is 0 Å². The van der Waals surface area contributed by atoms with Crippen molar-refractivity contribution < 1.29 is 9.53 Å². The van der Waals surface area contributed by atoms with Crippen LogP contribution in [0.15, 0.2) is 24.3 Å². The summed E-state index contributed by atoms with van der Waals surface area (Å²) in [5, 5.41) is 0.655. The molecule has 0 aliphatic carbocycles. The van der Waals surface area contributed by atoms with Crippen molar-refractivity contribution in [2.45, 2.75) is 33.3 Å². The van der Waals surface area contributed by atoms with Gasteiger partial charge in [0.2, 0.25) is 0 Å². The molecule has 4 nitrogen and oxygen atoms in total. The Hall–Kier alpha value is -1.26. The molecular weight excluding hydrogens is 312 g/mol. The summed E-state index contributed by atoms with van der Waals surface area (Å²) >= 11 is 5.88. The number of hydrogen-bond acceptors (Lipinski definition) is 3. The van der Waals surface area contributed by atoms with E-state index in [-0.39, 0.29) is 5.91 Å². The lowest BCUT2D eigenvalue weighted by Crippen LogP contribution is -2.56. The van der Waals surface area contributed by atoms with E-state index < -0.39 is 5.60 Å². The molecule has 1 amide bonds. The Kier molecular flexibility index (Phi) is 5.93.